The molecule has 1 aromatic heterocycles. The highest BCUT2D eigenvalue weighted by Crippen LogP contribution is 2.31. The highest BCUT2D eigenvalue weighted by molar-refractivity contribution is 9.10. The van der Waals surface area contributed by atoms with Crippen molar-refractivity contribution in [2.24, 2.45) is 5.84 Å². The van der Waals surface area contributed by atoms with Gasteiger partial charge in [0.2, 0.25) is 5.95 Å². The Morgan fingerprint density at radius 1 is 1.11 bits per heavy atom. The van der Waals surface area contributed by atoms with Crippen molar-refractivity contribution in [2.45, 2.75) is 6.18 Å². The number of aromatic nitrogens is 2. The Balaban J connectivity index is 2.54. The Bertz CT molecular complexity index is 583. The van der Waals surface area contributed by atoms with Crippen molar-refractivity contribution in [1.29, 1.82) is 0 Å². The van der Waals surface area contributed by atoms with Crippen molar-refractivity contribution in [3.8, 4) is 11.3 Å². The second-order valence-corrected chi connectivity index (χ2v) is 4.53. The van der Waals surface area contributed by atoms with Crippen LogP contribution in [-0.4, -0.2) is 9.97 Å². The Hall–Kier alpha value is -1.67. The first kappa shape index (κ1) is 13.8. The fourth-order valence-corrected chi connectivity index (χ4v) is 1.69. The third-order valence-electron chi connectivity index (χ3n) is 2.29. The molecule has 2 aromatic rings. The zero-order valence-corrected chi connectivity index (χ0v) is 11.0. The first-order valence-electron chi connectivity index (χ1n) is 5.09. The molecule has 100 valence electrons. The molecule has 0 aliphatic rings. The second-order valence-electron chi connectivity index (χ2n) is 3.61. The van der Waals surface area contributed by atoms with E-state index in [9.17, 15) is 13.2 Å². The van der Waals surface area contributed by atoms with E-state index >= 15 is 0 Å². The number of hydrogen-bond acceptors (Lipinski definition) is 4. The third kappa shape index (κ3) is 3.21. The van der Waals surface area contributed by atoms with Crippen LogP contribution in [0.3, 0.4) is 0 Å². The normalized spacial score (nSPS) is 11.4. The standard InChI is InChI=1S/C11H8BrF3N4/c12-7-3-1-6(2-4-7)8-5-9(11(13,14)15)18-10(17-8)19-16/h1-5H,16H2,(H,17,18,19). The molecule has 0 fully saturated rings. The van der Waals surface area contributed by atoms with E-state index in [2.05, 4.69) is 25.9 Å². The fraction of sp³-hybridized carbons (Fsp3) is 0.0909. The predicted octanol–water partition coefficient (Wildman–Crippen LogP) is 3.21. The van der Waals surface area contributed by atoms with Gasteiger partial charge in [-0.25, -0.2) is 15.8 Å². The summed E-state index contributed by atoms with van der Waals surface area (Å²) in [6, 6.07) is 7.59. The molecule has 0 amide bonds. The lowest BCUT2D eigenvalue weighted by Gasteiger charge is -2.10. The Kier molecular flexibility index (Phi) is 3.72. The van der Waals surface area contributed by atoms with Crippen LogP contribution in [0.2, 0.25) is 0 Å². The zero-order chi connectivity index (χ0) is 14.0. The smallest absolute Gasteiger partial charge is 0.292 e. The summed E-state index contributed by atoms with van der Waals surface area (Å²) in [6.07, 6.45) is -4.56. The maximum Gasteiger partial charge on any atom is 0.433 e. The van der Waals surface area contributed by atoms with Crippen LogP contribution in [0, 0.1) is 0 Å². The van der Waals surface area contributed by atoms with Crippen LogP contribution in [0.25, 0.3) is 11.3 Å². The van der Waals surface area contributed by atoms with Crippen LogP contribution in [0.4, 0.5) is 19.1 Å². The van der Waals surface area contributed by atoms with Crippen LogP contribution in [0.15, 0.2) is 34.8 Å². The number of benzene rings is 1. The van der Waals surface area contributed by atoms with Crippen LogP contribution >= 0.6 is 15.9 Å². The number of alkyl halides is 3. The van der Waals surface area contributed by atoms with E-state index in [1.807, 2.05) is 5.43 Å². The molecule has 4 nitrogen and oxygen atoms in total. The van der Waals surface area contributed by atoms with Crippen molar-refractivity contribution in [1.82, 2.24) is 9.97 Å². The summed E-state index contributed by atoms with van der Waals surface area (Å²) in [5.74, 6) is 4.80. The molecule has 0 saturated carbocycles. The second kappa shape index (κ2) is 5.14. The highest BCUT2D eigenvalue weighted by atomic mass is 79.9. The van der Waals surface area contributed by atoms with Crippen molar-refractivity contribution in [3.63, 3.8) is 0 Å². The van der Waals surface area contributed by atoms with Gasteiger partial charge in [0.25, 0.3) is 0 Å². The number of hydrogen-bond donors (Lipinski definition) is 2. The summed E-state index contributed by atoms with van der Waals surface area (Å²) in [5, 5.41) is 0. The Morgan fingerprint density at radius 2 is 1.74 bits per heavy atom. The van der Waals surface area contributed by atoms with E-state index < -0.39 is 11.9 Å². The van der Waals surface area contributed by atoms with E-state index in [1.54, 1.807) is 24.3 Å². The number of nitrogens with two attached hydrogens (primary N) is 1. The van der Waals surface area contributed by atoms with Crippen molar-refractivity contribution >= 4 is 21.9 Å². The molecule has 0 spiro atoms. The molecular weight excluding hydrogens is 325 g/mol. The summed E-state index contributed by atoms with van der Waals surface area (Å²) in [7, 11) is 0. The van der Waals surface area contributed by atoms with Crippen LogP contribution < -0.4 is 11.3 Å². The lowest BCUT2D eigenvalue weighted by atomic mass is 10.1. The van der Waals surface area contributed by atoms with Crippen molar-refractivity contribution in [3.05, 3.63) is 40.5 Å². The molecule has 0 bridgehead atoms. The van der Waals surface area contributed by atoms with E-state index in [0.29, 0.717) is 5.56 Å². The number of halogens is 4. The van der Waals surface area contributed by atoms with Gasteiger partial charge in [-0.3, -0.25) is 5.43 Å². The fourth-order valence-electron chi connectivity index (χ4n) is 1.43. The molecule has 3 N–H and O–H groups in total. The lowest BCUT2D eigenvalue weighted by Crippen LogP contribution is -2.15. The zero-order valence-electron chi connectivity index (χ0n) is 9.37. The third-order valence-corrected chi connectivity index (χ3v) is 2.81. The van der Waals surface area contributed by atoms with Gasteiger partial charge in [0.15, 0.2) is 5.69 Å². The van der Waals surface area contributed by atoms with Crippen molar-refractivity contribution < 1.29 is 13.2 Å². The summed E-state index contributed by atoms with van der Waals surface area (Å²) < 4.78 is 38.9. The van der Waals surface area contributed by atoms with Crippen LogP contribution in [-0.2, 0) is 6.18 Å². The van der Waals surface area contributed by atoms with E-state index in [0.717, 1.165) is 10.5 Å². The van der Waals surface area contributed by atoms with Gasteiger partial charge in [-0.2, -0.15) is 13.2 Å². The first-order valence-corrected chi connectivity index (χ1v) is 5.88. The van der Waals surface area contributed by atoms with Crippen LogP contribution in [0.1, 0.15) is 5.69 Å². The molecule has 0 atom stereocenters. The molecular formula is C11H8BrF3N4. The topological polar surface area (TPSA) is 63.8 Å². The number of hydrazine groups is 1. The Labute approximate surface area is 115 Å². The van der Waals surface area contributed by atoms with Gasteiger partial charge >= 0.3 is 6.18 Å². The number of nitrogens with one attached hydrogen (secondary N) is 1. The molecule has 0 saturated heterocycles. The SMILES string of the molecule is NNc1nc(-c2ccc(Br)cc2)cc(C(F)(F)F)n1. The summed E-state index contributed by atoms with van der Waals surface area (Å²) in [5.41, 5.74) is 1.66. The van der Waals surface area contributed by atoms with Crippen molar-refractivity contribution in [2.75, 3.05) is 5.43 Å². The lowest BCUT2D eigenvalue weighted by molar-refractivity contribution is -0.141. The monoisotopic (exact) mass is 332 g/mol. The van der Waals surface area contributed by atoms with Gasteiger partial charge in [-0.1, -0.05) is 28.1 Å². The highest BCUT2D eigenvalue weighted by Gasteiger charge is 2.33. The molecule has 19 heavy (non-hydrogen) atoms. The van der Waals surface area contributed by atoms with E-state index in [1.165, 1.54) is 0 Å². The molecule has 0 aliphatic carbocycles. The minimum Gasteiger partial charge on any atom is -0.292 e. The molecule has 0 aliphatic heterocycles. The first-order chi connectivity index (χ1) is 8.90. The van der Waals surface area contributed by atoms with Gasteiger partial charge in [0, 0.05) is 10.0 Å². The minimum absolute atomic E-state index is 0.141. The minimum atomic E-state index is -4.56. The predicted molar refractivity (Wildman–Crippen MR) is 68.0 cm³/mol. The molecule has 1 heterocycles. The van der Waals surface area contributed by atoms with Crippen LogP contribution in [0.5, 0.6) is 0 Å². The largest absolute Gasteiger partial charge is 0.433 e. The summed E-state index contributed by atoms with van der Waals surface area (Å²) >= 11 is 3.25. The summed E-state index contributed by atoms with van der Waals surface area (Å²) in [6.45, 7) is 0. The number of nitrogen functional groups attached to an aromatic ring is 1. The van der Waals surface area contributed by atoms with Gasteiger partial charge in [0.05, 0.1) is 5.69 Å². The van der Waals surface area contributed by atoms with Gasteiger partial charge in [-0.15, -0.1) is 0 Å². The molecule has 1 aromatic carbocycles. The number of nitrogens with zero attached hydrogens (tertiary/aromatic N) is 2. The molecule has 0 radical (unpaired) electrons. The number of rotatable bonds is 2. The summed E-state index contributed by atoms with van der Waals surface area (Å²) in [4.78, 5) is 7.19. The van der Waals surface area contributed by atoms with Gasteiger partial charge < -0.3 is 0 Å². The number of anilines is 1. The van der Waals surface area contributed by atoms with E-state index in [4.69, 9.17) is 5.84 Å². The van der Waals surface area contributed by atoms with Gasteiger partial charge in [-0.05, 0) is 18.2 Å². The molecule has 2 rings (SSSR count). The maximum absolute atomic E-state index is 12.7. The molecule has 0 unspecified atom stereocenters. The average Bonchev–Trinajstić information content (AvgIpc) is 2.38. The quantitative estimate of drug-likeness (QED) is 0.654. The van der Waals surface area contributed by atoms with Gasteiger partial charge in [0.1, 0.15) is 0 Å². The average molecular weight is 333 g/mol. The maximum atomic E-state index is 12.7. The van der Waals surface area contributed by atoms with E-state index in [-0.39, 0.29) is 11.6 Å². The Morgan fingerprint density at radius 3 is 2.26 bits per heavy atom. The molecule has 8 heteroatoms.